The van der Waals surface area contributed by atoms with Gasteiger partial charge in [0.05, 0.1) is 0 Å². The molecule has 0 heterocycles. The van der Waals surface area contributed by atoms with Gasteiger partial charge < -0.3 is 14.8 Å². The van der Waals surface area contributed by atoms with Gasteiger partial charge in [0.1, 0.15) is 18.1 Å². The molecule has 0 aliphatic heterocycles. The molecule has 0 aliphatic carbocycles. The van der Waals surface area contributed by atoms with Crippen molar-refractivity contribution < 1.29 is 9.47 Å². The summed E-state index contributed by atoms with van der Waals surface area (Å²) < 4.78 is 11.6. The van der Waals surface area contributed by atoms with Crippen LogP contribution in [0.2, 0.25) is 0 Å². The normalized spacial score (nSPS) is 10.2. The van der Waals surface area contributed by atoms with E-state index in [1.165, 1.54) is 5.56 Å². The van der Waals surface area contributed by atoms with Crippen LogP contribution in [-0.2, 0) is 6.61 Å². The molecule has 3 nitrogen and oxygen atoms in total. The second kappa shape index (κ2) is 7.27. The van der Waals surface area contributed by atoms with Crippen LogP contribution >= 0.6 is 12.2 Å². The van der Waals surface area contributed by atoms with Gasteiger partial charge in [0.25, 0.3) is 5.17 Å². The van der Waals surface area contributed by atoms with Crippen LogP contribution in [0.3, 0.4) is 0 Å². The smallest absolute Gasteiger partial charge is 0.261 e. The zero-order valence-corrected chi connectivity index (χ0v) is 14.2. The predicted molar refractivity (Wildman–Crippen MR) is 93.7 cm³/mol. The van der Waals surface area contributed by atoms with Crippen molar-refractivity contribution in [2.45, 2.75) is 27.4 Å². The molecule has 0 aromatic heterocycles. The maximum absolute atomic E-state index is 5.97. The van der Waals surface area contributed by atoms with Crippen molar-refractivity contribution in [2.75, 3.05) is 7.05 Å². The molecule has 116 valence electrons. The first-order valence-corrected chi connectivity index (χ1v) is 7.60. The van der Waals surface area contributed by atoms with E-state index in [4.69, 9.17) is 21.7 Å². The fourth-order valence-electron chi connectivity index (χ4n) is 2.22. The van der Waals surface area contributed by atoms with E-state index in [1.54, 1.807) is 7.05 Å². The van der Waals surface area contributed by atoms with E-state index in [9.17, 15) is 0 Å². The minimum Gasteiger partial charge on any atom is -0.488 e. The molecule has 0 unspecified atom stereocenters. The molecule has 0 saturated heterocycles. The second-order valence-electron chi connectivity index (χ2n) is 5.25. The Bertz CT molecular complexity index is 683. The Morgan fingerprint density at radius 1 is 1.05 bits per heavy atom. The Hall–Kier alpha value is -2.07. The lowest BCUT2D eigenvalue weighted by molar-refractivity contribution is 0.299. The van der Waals surface area contributed by atoms with Gasteiger partial charge in [0.15, 0.2) is 0 Å². The first kappa shape index (κ1) is 16.3. The number of ether oxygens (including phenoxy) is 2. The number of thiocarbonyl (C=S) groups is 1. The maximum atomic E-state index is 5.97. The molecule has 1 N–H and O–H groups in total. The van der Waals surface area contributed by atoms with Crippen molar-refractivity contribution in [3.63, 3.8) is 0 Å². The molecule has 22 heavy (non-hydrogen) atoms. The number of benzene rings is 2. The van der Waals surface area contributed by atoms with Gasteiger partial charge in [-0.1, -0.05) is 29.8 Å². The highest BCUT2D eigenvalue weighted by Crippen LogP contribution is 2.26. The molecular formula is C18H21NO2S. The zero-order valence-electron chi connectivity index (χ0n) is 13.4. The van der Waals surface area contributed by atoms with E-state index >= 15 is 0 Å². The summed E-state index contributed by atoms with van der Waals surface area (Å²) in [5, 5.41) is 3.16. The lowest BCUT2D eigenvalue weighted by Crippen LogP contribution is -2.22. The van der Waals surface area contributed by atoms with Crippen LogP contribution in [0.15, 0.2) is 36.4 Å². The van der Waals surface area contributed by atoms with Crippen LogP contribution in [0.25, 0.3) is 0 Å². The van der Waals surface area contributed by atoms with Crippen molar-refractivity contribution in [3.05, 3.63) is 58.7 Å². The van der Waals surface area contributed by atoms with E-state index in [2.05, 4.69) is 18.3 Å². The molecule has 0 radical (unpaired) electrons. The fraction of sp³-hybridized carbons (Fsp3) is 0.278. The van der Waals surface area contributed by atoms with Crippen molar-refractivity contribution >= 4 is 17.4 Å². The van der Waals surface area contributed by atoms with Crippen molar-refractivity contribution in [3.8, 4) is 11.5 Å². The summed E-state index contributed by atoms with van der Waals surface area (Å²) in [5.74, 6) is 1.61. The Morgan fingerprint density at radius 2 is 1.82 bits per heavy atom. The van der Waals surface area contributed by atoms with E-state index in [0.717, 1.165) is 28.2 Å². The Labute approximate surface area is 137 Å². The number of hydrogen-bond acceptors (Lipinski definition) is 3. The van der Waals surface area contributed by atoms with Gasteiger partial charge in [-0.15, -0.1) is 0 Å². The summed E-state index contributed by atoms with van der Waals surface area (Å²) in [6.07, 6.45) is 0. The van der Waals surface area contributed by atoms with E-state index < -0.39 is 0 Å². The first-order valence-electron chi connectivity index (χ1n) is 7.19. The molecule has 0 atom stereocenters. The molecule has 2 rings (SSSR count). The summed E-state index contributed by atoms with van der Waals surface area (Å²) in [6.45, 7) is 6.60. The lowest BCUT2D eigenvalue weighted by atomic mass is 10.1. The monoisotopic (exact) mass is 315 g/mol. The first-order chi connectivity index (χ1) is 10.5. The second-order valence-corrected chi connectivity index (χ2v) is 5.62. The molecule has 0 bridgehead atoms. The summed E-state index contributed by atoms with van der Waals surface area (Å²) in [5.41, 5.74) is 4.46. The molecule has 0 amide bonds. The fourth-order valence-corrected chi connectivity index (χ4v) is 2.31. The Balaban J connectivity index is 2.19. The SMILES string of the molecule is CNC(=S)Oc1cccc(C)c1COc1ccc(C)cc1C. The average Bonchev–Trinajstić information content (AvgIpc) is 2.48. The largest absolute Gasteiger partial charge is 0.488 e. The van der Waals surface area contributed by atoms with Gasteiger partial charge in [-0.3, -0.25) is 0 Å². The molecule has 0 aliphatic rings. The Kier molecular flexibility index (Phi) is 5.39. The highest BCUT2D eigenvalue weighted by Gasteiger charge is 2.10. The quantitative estimate of drug-likeness (QED) is 0.862. The van der Waals surface area contributed by atoms with E-state index in [0.29, 0.717) is 11.8 Å². The standard InChI is InChI=1S/C18H21NO2S/c1-12-8-9-16(14(3)10-12)20-11-15-13(2)6-5-7-17(15)21-18(22)19-4/h5-10H,11H2,1-4H3,(H,19,22). The minimum atomic E-state index is 0.346. The minimum absolute atomic E-state index is 0.346. The summed E-state index contributed by atoms with van der Waals surface area (Å²) in [7, 11) is 1.74. The van der Waals surface area contributed by atoms with Crippen LogP contribution in [0.5, 0.6) is 11.5 Å². The predicted octanol–water partition coefficient (Wildman–Crippen LogP) is 4.07. The van der Waals surface area contributed by atoms with Crippen molar-refractivity contribution in [1.29, 1.82) is 0 Å². The molecular weight excluding hydrogens is 294 g/mol. The van der Waals surface area contributed by atoms with E-state index in [-0.39, 0.29) is 0 Å². The van der Waals surface area contributed by atoms with Gasteiger partial charge in [-0.25, -0.2) is 0 Å². The van der Waals surface area contributed by atoms with Crippen LogP contribution < -0.4 is 14.8 Å². The molecule has 0 saturated carbocycles. The van der Waals surface area contributed by atoms with Crippen LogP contribution in [-0.4, -0.2) is 12.2 Å². The number of nitrogens with one attached hydrogen (secondary N) is 1. The topological polar surface area (TPSA) is 30.5 Å². The number of rotatable bonds is 4. The molecule has 2 aromatic carbocycles. The van der Waals surface area contributed by atoms with Crippen LogP contribution in [0.4, 0.5) is 0 Å². The third-order valence-corrected chi connectivity index (χ3v) is 3.76. The summed E-state index contributed by atoms with van der Waals surface area (Å²) in [4.78, 5) is 0. The Morgan fingerprint density at radius 3 is 2.50 bits per heavy atom. The van der Waals surface area contributed by atoms with Crippen molar-refractivity contribution in [1.82, 2.24) is 5.32 Å². The molecule has 2 aromatic rings. The zero-order chi connectivity index (χ0) is 16.1. The third-order valence-electron chi connectivity index (χ3n) is 3.48. The summed E-state index contributed by atoms with van der Waals surface area (Å²) >= 11 is 5.08. The van der Waals surface area contributed by atoms with Gasteiger partial charge in [0.2, 0.25) is 0 Å². The van der Waals surface area contributed by atoms with Crippen LogP contribution in [0, 0.1) is 20.8 Å². The van der Waals surface area contributed by atoms with Gasteiger partial charge in [-0.2, -0.15) is 0 Å². The molecule has 0 spiro atoms. The van der Waals surface area contributed by atoms with Gasteiger partial charge in [-0.05, 0) is 56.2 Å². The third kappa shape index (κ3) is 3.98. The number of hydrogen-bond donors (Lipinski definition) is 1. The lowest BCUT2D eigenvalue weighted by Gasteiger charge is -2.15. The van der Waals surface area contributed by atoms with E-state index in [1.807, 2.05) is 44.2 Å². The van der Waals surface area contributed by atoms with Crippen LogP contribution in [0.1, 0.15) is 22.3 Å². The number of aryl methyl sites for hydroxylation is 3. The van der Waals surface area contributed by atoms with Crippen molar-refractivity contribution in [2.24, 2.45) is 0 Å². The average molecular weight is 315 g/mol. The maximum Gasteiger partial charge on any atom is 0.261 e. The molecule has 4 heteroatoms. The summed E-state index contributed by atoms with van der Waals surface area (Å²) in [6, 6.07) is 12.0. The highest BCUT2D eigenvalue weighted by atomic mass is 32.1. The van der Waals surface area contributed by atoms with Gasteiger partial charge >= 0.3 is 0 Å². The van der Waals surface area contributed by atoms with Gasteiger partial charge in [0, 0.05) is 12.6 Å². The highest BCUT2D eigenvalue weighted by molar-refractivity contribution is 7.80. The molecule has 0 fully saturated rings.